The zero-order valence-electron chi connectivity index (χ0n) is 18.1. The first kappa shape index (κ1) is 24.0. The Morgan fingerprint density at radius 1 is 1.21 bits per heavy atom. The number of alkyl halides is 1. The highest BCUT2D eigenvalue weighted by Crippen LogP contribution is 2.33. The Balaban J connectivity index is 1.36. The van der Waals surface area contributed by atoms with Crippen LogP contribution in [0.3, 0.4) is 0 Å². The summed E-state index contributed by atoms with van der Waals surface area (Å²) in [5.41, 5.74) is 3.17. The number of likely N-dealkylation sites (tertiary alicyclic amines) is 1. The van der Waals surface area contributed by atoms with Crippen molar-refractivity contribution in [1.29, 1.82) is 0 Å². The van der Waals surface area contributed by atoms with Gasteiger partial charge >= 0.3 is 0 Å². The van der Waals surface area contributed by atoms with E-state index >= 15 is 0 Å². The molecule has 1 aliphatic carbocycles. The van der Waals surface area contributed by atoms with E-state index in [9.17, 15) is 4.79 Å². The number of anilines is 1. The first-order chi connectivity index (χ1) is 16.0. The number of carbonyl (C=O) groups excluding carboxylic acids is 1. The maximum atomic E-state index is 12.7. The van der Waals surface area contributed by atoms with Crippen LogP contribution in [0.4, 0.5) is 5.69 Å². The molecule has 0 spiro atoms. The minimum Gasteiger partial charge on any atom is -0.320 e. The molecule has 0 bridgehead atoms. The molecule has 5 nitrogen and oxygen atoms in total. The normalized spacial score (nSPS) is 19.6. The second kappa shape index (κ2) is 11.3. The minimum absolute atomic E-state index is 0.111. The first-order valence-corrected chi connectivity index (χ1v) is 12.2. The van der Waals surface area contributed by atoms with Gasteiger partial charge in [0.15, 0.2) is 0 Å². The van der Waals surface area contributed by atoms with E-state index < -0.39 is 0 Å². The van der Waals surface area contributed by atoms with Crippen molar-refractivity contribution < 1.29 is 4.79 Å². The lowest BCUT2D eigenvalue weighted by Gasteiger charge is -2.31. The van der Waals surface area contributed by atoms with E-state index in [0.717, 1.165) is 44.6 Å². The predicted molar refractivity (Wildman–Crippen MR) is 135 cm³/mol. The molecule has 1 atom stereocenters. The van der Waals surface area contributed by atoms with Crippen LogP contribution in [0, 0.1) is 0 Å². The van der Waals surface area contributed by atoms with Crippen molar-refractivity contribution in [1.82, 2.24) is 14.9 Å². The molecule has 1 fully saturated rings. The topological polar surface area (TPSA) is 58.1 Å². The molecule has 1 amide bonds. The Bertz CT molecular complexity index is 1090. The van der Waals surface area contributed by atoms with Gasteiger partial charge in [-0.15, -0.1) is 11.6 Å². The summed E-state index contributed by atoms with van der Waals surface area (Å²) in [6.07, 6.45) is 16.6. The van der Waals surface area contributed by atoms with Gasteiger partial charge in [-0.1, -0.05) is 53.6 Å². The Morgan fingerprint density at radius 3 is 2.76 bits per heavy atom. The van der Waals surface area contributed by atoms with Crippen LogP contribution < -0.4 is 5.32 Å². The number of halogens is 3. The van der Waals surface area contributed by atoms with Crippen molar-refractivity contribution in [2.24, 2.45) is 0 Å². The van der Waals surface area contributed by atoms with Gasteiger partial charge in [-0.25, -0.2) is 4.98 Å². The standard InChI is InChI=1S/C25H25Cl3N4O/c26-20-5-3-17(4-6-20)2-1-11-32-12-8-18(9-13-32)24-22(15-21(27)16-30-24)31-25(33)19-7-10-29-23(28)14-19/h1-5,7,10,14-16,18,20H,6,8-9,11-13H2,(H,31,33)/b2-1+. The van der Waals surface area contributed by atoms with Crippen LogP contribution in [-0.2, 0) is 0 Å². The fourth-order valence-corrected chi connectivity index (χ4v) is 4.57. The molecule has 3 heterocycles. The summed E-state index contributed by atoms with van der Waals surface area (Å²) in [7, 11) is 0. The number of carbonyl (C=O) groups is 1. The molecule has 8 heteroatoms. The molecule has 172 valence electrons. The van der Waals surface area contributed by atoms with E-state index in [1.807, 2.05) is 6.08 Å². The molecular weight excluding hydrogens is 479 g/mol. The summed E-state index contributed by atoms with van der Waals surface area (Å²) in [4.78, 5) is 23.7. The van der Waals surface area contributed by atoms with E-state index in [-0.39, 0.29) is 22.4 Å². The quantitative estimate of drug-likeness (QED) is 0.373. The number of aromatic nitrogens is 2. The summed E-state index contributed by atoms with van der Waals surface area (Å²) >= 11 is 18.2. The molecular formula is C25H25Cl3N4O. The highest BCUT2D eigenvalue weighted by atomic mass is 35.5. The number of amides is 1. The summed E-state index contributed by atoms with van der Waals surface area (Å²) in [5, 5.41) is 3.82. The lowest BCUT2D eigenvalue weighted by Crippen LogP contribution is -2.33. The molecule has 1 N–H and O–H groups in total. The van der Waals surface area contributed by atoms with Crippen molar-refractivity contribution in [2.45, 2.75) is 30.6 Å². The lowest BCUT2D eigenvalue weighted by molar-refractivity contribution is 0.102. The minimum atomic E-state index is -0.265. The van der Waals surface area contributed by atoms with Crippen molar-refractivity contribution in [3.8, 4) is 0 Å². The van der Waals surface area contributed by atoms with Crippen molar-refractivity contribution in [3.05, 3.63) is 88.0 Å². The number of piperidine rings is 1. The molecule has 1 saturated heterocycles. The number of allylic oxidation sites excluding steroid dienone is 5. The Labute approximate surface area is 209 Å². The lowest BCUT2D eigenvalue weighted by atomic mass is 9.92. The van der Waals surface area contributed by atoms with Gasteiger partial charge in [0.05, 0.1) is 21.8 Å². The summed E-state index contributed by atoms with van der Waals surface area (Å²) in [6.45, 7) is 2.83. The number of rotatable bonds is 6. The van der Waals surface area contributed by atoms with Gasteiger partial charge in [0.25, 0.3) is 5.91 Å². The van der Waals surface area contributed by atoms with Gasteiger partial charge in [0.2, 0.25) is 0 Å². The van der Waals surface area contributed by atoms with Gasteiger partial charge in [-0.2, -0.15) is 0 Å². The monoisotopic (exact) mass is 502 g/mol. The molecule has 2 aliphatic rings. The molecule has 0 radical (unpaired) electrons. The van der Waals surface area contributed by atoms with E-state index in [1.54, 1.807) is 18.3 Å². The molecule has 4 rings (SSSR count). The van der Waals surface area contributed by atoms with Crippen LogP contribution in [0.5, 0.6) is 0 Å². The summed E-state index contributed by atoms with van der Waals surface area (Å²) < 4.78 is 0. The number of hydrogen-bond acceptors (Lipinski definition) is 4. The van der Waals surface area contributed by atoms with E-state index in [4.69, 9.17) is 34.8 Å². The van der Waals surface area contributed by atoms with Gasteiger partial charge in [0, 0.05) is 30.4 Å². The van der Waals surface area contributed by atoms with Crippen molar-refractivity contribution in [2.75, 3.05) is 25.0 Å². The fraction of sp³-hybridized carbons (Fsp3) is 0.320. The second-order valence-electron chi connectivity index (χ2n) is 8.20. The van der Waals surface area contributed by atoms with Gasteiger partial charge < -0.3 is 5.32 Å². The Hall–Kier alpha value is -2.18. The van der Waals surface area contributed by atoms with Crippen LogP contribution in [0.25, 0.3) is 0 Å². The molecule has 0 saturated carbocycles. The molecule has 1 unspecified atom stereocenters. The van der Waals surface area contributed by atoms with Crippen LogP contribution >= 0.6 is 34.8 Å². The van der Waals surface area contributed by atoms with Gasteiger partial charge in [-0.05, 0) is 56.1 Å². The number of pyridine rings is 2. The van der Waals surface area contributed by atoms with Crippen LogP contribution in [0.15, 0.2) is 66.5 Å². The molecule has 2 aromatic rings. The number of nitrogens with one attached hydrogen (secondary N) is 1. The number of nitrogens with zero attached hydrogens (tertiary/aromatic N) is 3. The zero-order chi connectivity index (χ0) is 23.2. The zero-order valence-corrected chi connectivity index (χ0v) is 20.3. The highest BCUT2D eigenvalue weighted by Gasteiger charge is 2.24. The smallest absolute Gasteiger partial charge is 0.255 e. The third-order valence-electron chi connectivity index (χ3n) is 5.85. The third-order valence-corrected chi connectivity index (χ3v) is 6.58. The SMILES string of the molecule is O=C(Nc1cc(Cl)cnc1C1CCN(C/C=C/C2=CCC(Cl)C=C2)CC1)c1ccnc(Cl)c1. The first-order valence-electron chi connectivity index (χ1n) is 11.0. The average Bonchev–Trinajstić information content (AvgIpc) is 2.81. The Morgan fingerprint density at radius 2 is 2.03 bits per heavy atom. The van der Waals surface area contributed by atoms with Crippen LogP contribution in [0.1, 0.15) is 41.2 Å². The average molecular weight is 504 g/mol. The van der Waals surface area contributed by atoms with Crippen molar-refractivity contribution in [3.63, 3.8) is 0 Å². The fourth-order valence-electron chi connectivity index (χ4n) is 4.07. The van der Waals surface area contributed by atoms with E-state index in [1.165, 1.54) is 17.8 Å². The molecule has 33 heavy (non-hydrogen) atoms. The summed E-state index contributed by atoms with van der Waals surface area (Å²) in [6, 6.07) is 4.92. The molecule has 0 aromatic carbocycles. The maximum Gasteiger partial charge on any atom is 0.255 e. The second-order valence-corrected chi connectivity index (χ2v) is 9.58. The van der Waals surface area contributed by atoms with E-state index in [2.05, 4.69) is 44.5 Å². The predicted octanol–water partition coefficient (Wildman–Crippen LogP) is 6.27. The number of hydrogen-bond donors (Lipinski definition) is 1. The summed E-state index contributed by atoms with van der Waals surface area (Å²) in [5.74, 6) is -0.0118. The van der Waals surface area contributed by atoms with Crippen LogP contribution in [-0.4, -0.2) is 45.8 Å². The van der Waals surface area contributed by atoms with E-state index in [0.29, 0.717) is 16.3 Å². The Kier molecular flexibility index (Phi) is 8.20. The van der Waals surface area contributed by atoms with Crippen LogP contribution in [0.2, 0.25) is 10.2 Å². The highest BCUT2D eigenvalue weighted by molar-refractivity contribution is 6.31. The van der Waals surface area contributed by atoms with Gasteiger partial charge in [0.1, 0.15) is 5.15 Å². The molecule has 1 aliphatic heterocycles. The maximum absolute atomic E-state index is 12.7. The van der Waals surface area contributed by atoms with Crippen molar-refractivity contribution >= 4 is 46.4 Å². The third kappa shape index (κ3) is 6.67. The van der Waals surface area contributed by atoms with Gasteiger partial charge in [-0.3, -0.25) is 14.7 Å². The molecule has 2 aromatic heterocycles. The largest absolute Gasteiger partial charge is 0.320 e.